The van der Waals surface area contributed by atoms with Crippen molar-refractivity contribution in [3.63, 3.8) is 0 Å². The van der Waals surface area contributed by atoms with E-state index in [-0.39, 0.29) is 30.3 Å². The van der Waals surface area contributed by atoms with Crippen LogP contribution in [0.25, 0.3) is 11.0 Å². The van der Waals surface area contributed by atoms with Gasteiger partial charge in [-0.2, -0.15) is 0 Å². The van der Waals surface area contributed by atoms with Crippen LogP contribution in [0.15, 0.2) is 51.7 Å². The van der Waals surface area contributed by atoms with Crippen molar-refractivity contribution < 1.29 is 19.1 Å². The van der Waals surface area contributed by atoms with Crippen molar-refractivity contribution in [2.45, 2.75) is 32.6 Å². The molecule has 0 fully saturated rings. The summed E-state index contributed by atoms with van der Waals surface area (Å²) in [5, 5.41) is 9.95. The maximum absolute atomic E-state index is 13.8. The highest BCUT2D eigenvalue weighted by molar-refractivity contribution is 6.15. The third-order valence-electron chi connectivity index (χ3n) is 5.40. The lowest BCUT2D eigenvalue weighted by Crippen LogP contribution is -2.36. The summed E-state index contributed by atoms with van der Waals surface area (Å²) in [4.78, 5) is 27.8. The van der Waals surface area contributed by atoms with E-state index in [0.717, 1.165) is 41.5 Å². The van der Waals surface area contributed by atoms with Crippen molar-refractivity contribution in [2.24, 2.45) is 0 Å². The molecule has 0 unspecified atom stereocenters. The van der Waals surface area contributed by atoms with Gasteiger partial charge in [-0.15, -0.1) is 0 Å². The lowest BCUT2D eigenvalue weighted by Gasteiger charge is -2.30. The molecule has 0 spiro atoms. The molecule has 156 valence electrons. The van der Waals surface area contributed by atoms with E-state index in [4.69, 9.17) is 9.15 Å². The van der Waals surface area contributed by atoms with E-state index in [0.29, 0.717) is 18.7 Å². The minimum absolute atomic E-state index is 0.0429. The van der Waals surface area contributed by atoms with Crippen LogP contribution in [0, 0.1) is 0 Å². The van der Waals surface area contributed by atoms with Crippen LogP contribution in [0.5, 0.6) is 5.75 Å². The lowest BCUT2D eigenvalue weighted by atomic mass is 9.98. The number of amides is 1. The highest BCUT2D eigenvalue weighted by Gasteiger charge is 2.29. The molecule has 1 aliphatic rings. The van der Waals surface area contributed by atoms with Gasteiger partial charge in [-0.1, -0.05) is 31.5 Å². The van der Waals surface area contributed by atoms with E-state index in [1.165, 1.54) is 6.07 Å². The molecule has 1 N–H and O–H groups in total. The number of aliphatic hydroxyl groups excluding tert-OH is 1. The Balaban J connectivity index is 1.91. The number of anilines is 1. The summed E-state index contributed by atoms with van der Waals surface area (Å²) in [6.07, 6.45) is 3.34. The molecule has 1 aliphatic heterocycles. The Morgan fingerprint density at radius 2 is 2.07 bits per heavy atom. The second kappa shape index (κ2) is 8.71. The number of nitrogens with zero attached hydrogens (tertiary/aromatic N) is 1. The zero-order valence-corrected chi connectivity index (χ0v) is 17.0. The molecule has 0 aliphatic carbocycles. The predicted octanol–water partition coefficient (Wildman–Crippen LogP) is 3.71. The van der Waals surface area contributed by atoms with Crippen LogP contribution >= 0.6 is 0 Å². The first kappa shape index (κ1) is 20.2. The van der Waals surface area contributed by atoms with E-state index in [2.05, 4.69) is 0 Å². The Morgan fingerprint density at radius 1 is 1.23 bits per heavy atom. The summed E-state index contributed by atoms with van der Waals surface area (Å²) in [7, 11) is 0. The quantitative estimate of drug-likeness (QED) is 0.630. The largest absolute Gasteiger partial charge is 0.490 e. The van der Waals surface area contributed by atoms with E-state index in [1.807, 2.05) is 37.3 Å². The van der Waals surface area contributed by atoms with Gasteiger partial charge in [0.2, 0.25) is 0 Å². The van der Waals surface area contributed by atoms with E-state index < -0.39 is 5.63 Å². The normalized spacial score (nSPS) is 13.3. The van der Waals surface area contributed by atoms with Gasteiger partial charge < -0.3 is 19.2 Å². The fourth-order valence-corrected chi connectivity index (χ4v) is 4.11. The van der Waals surface area contributed by atoms with E-state index in [1.54, 1.807) is 11.0 Å². The Bertz CT molecular complexity index is 1130. The van der Waals surface area contributed by atoms with Crippen LogP contribution in [0.4, 0.5) is 5.69 Å². The van der Waals surface area contributed by atoms with Gasteiger partial charge in [-0.05, 0) is 48.6 Å². The third kappa shape index (κ3) is 3.71. The summed E-state index contributed by atoms with van der Waals surface area (Å²) in [6.45, 7) is 2.47. The van der Waals surface area contributed by atoms with Gasteiger partial charge in [0.1, 0.15) is 17.9 Å². The summed E-state index contributed by atoms with van der Waals surface area (Å²) in [5.41, 5.74) is 2.82. The van der Waals surface area contributed by atoms with Crippen LogP contribution in [0.1, 0.15) is 41.3 Å². The average molecular weight is 407 g/mol. The number of hydrogen-bond donors (Lipinski definition) is 1. The number of fused-ring (bicyclic) bond motifs is 2. The van der Waals surface area contributed by atoms with Crippen LogP contribution in [0.2, 0.25) is 0 Å². The molecule has 1 amide bonds. The standard InChI is InChI=1S/C24H25NO5/c1-2-6-17-15-21(27)30-23-18(17)10-11-20(29-14-13-26)22(23)24(28)25-12-5-8-16-7-3-4-9-19(16)25/h3-4,7,9-11,15,26H,2,5-6,8,12-14H2,1H3. The highest BCUT2D eigenvalue weighted by Crippen LogP contribution is 2.34. The number of aryl methyl sites for hydroxylation is 2. The van der Waals surface area contributed by atoms with Gasteiger partial charge >= 0.3 is 5.63 Å². The monoisotopic (exact) mass is 407 g/mol. The fraction of sp³-hybridized carbons (Fsp3) is 0.333. The zero-order valence-electron chi connectivity index (χ0n) is 17.0. The first-order valence-corrected chi connectivity index (χ1v) is 10.4. The first-order chi connectivity index (χ1) is 14.6. The Kier molecular flexibility index (Phi) is 5.86. The number of carbonyl (C=O) groups excluding carboxylic acids is 1. The van der Waals surface area contributed by atoms with Crippen molar-refractivity contribution in [2.75, 3.05) is 24.7 Å². The number of hydrogen-bond acceptors (Lipinski definition) is 5. The van der Waals surface area contributed by atoms with Crippen LogP contribution in [-0.4, -0.2) is 30.8 Å². The van der Waals surface area contributed by atoms with Gasteiger partial charge in [0.25, 0.3) is 5.91 Å². The molecule has 0 saturated heterocycles. The second-order valence-corrected chi connectivity index (χ2v) is 7.42. The number of para-hydroxylation sites is 1. The SMILES string of the molecule is CCCc1cc(=O)oc2c(C(=O)N3CCCc4ccccc43)c(OCCO)ccc12. The van der Waals surface area contributed by atoms with Crippen LogP contribution in [0.3, 0.4) is 0 Å². The summed E-state index contributed by atoms with van der Waals surface area (Å²) in [6, 6.07) is 12.9. The molecule has 2 heterocycles. The molecule has 0 saturated carbocycles. The number of benzene rings is 2. The molecule has 1 aromatic heterocycles. The molecule has 0 bridgehead atoms. The first-order valence-electron chi connectivity index (χ1n) is 10.4. The molecular formula is C24H25NO5. The minimum atomic E-state index is -0.488. The molecule has 30 heavy (non-hydrogen) atoms. The lowest BCUT2D eigenvalue weighted by molar-refractivity contribution is 0.0980. The summed E-state index contributed by atoms with van der Waals surface area (Å²) >= 11 is 0. The zero-order chi connectivity index (χ0) is 21.1. The van der Waals surface area contributed by atoms with Crippen molar-refractivity contribution in [3.05, 3.63) is 69.6 Å². The van der Waals surface area contributed by atoms with Crippen molar-refractivity contribution in [1.82, 2.24) is 0 Å². The Hall–Kier alpha value is -3.12. The van der Waals surface area contributed by atoms with Crippen LogP contribution in [-0.2, 0) is 12.8 Å². The maximum Gasteiger partial charge on any atom is 0.336 e. The summed E-state index contributed by atoms with van der Waals surface area (Å²) in [5.74, 6) is 0.0406. The van der Waals surface area contributed by atoms with Crippen LogP contribution < -0.4 is 15.3 Å². The topological polar surface area (TPSA) is 80.0 Å². The average Bonchev–Trinajstić information content (AvgIpc) is 2.76. The molecule has 0 atom stereocenters. The molecule has 3 aromatic rings. The number of carbonyl (C=O) groups is 1. The van der Waals surface area contributed by atoms with E-state index in [9.17, 15) is 14.7 Å². The number of ether oxygens (including phenoxy) is 1. The minimum Gasteiger partial charge on any atom is -0.490 e. The third-order valence-corrected chi connectivity index (χ3v) is 5.40. The molecular weight excluding hydrogens is 382 g/mol. The summed E-state index contributed by atoms with van der Waals surface area (Å²) < 4.78 is 11.2. The van der Waals surface area contributed by atoms with Crippen molar-refractivity contribution in [3.8, 4) is 5.75 Å². The molecule has 4 rings (SSSR count). The molecule has 0 radical (unpaired) electrons. The van der Waals surface area contributed by atoms with Gasteiger partial charge in [0.05, 0.1) is 6.61 Å². The van der Waals surface area contributed by atoms with Crippen molar-refractivity contribution in [1.29, 1.82) is 0 Å². The van der Waals surface area contributed by atoms with Gasteiger partial charge in [0.15, 0.2) is 5.58 Å². The molecule has 6 heteroatoms. The molecule has 2 aromatic carbocycles. The predicted molar refractivity (Wildman–Crippen MR) is 115 cm³/mol. The Morgan fingerprint density at radius 3 is 2.87 bits per heavy atom. The van der Waals surface area contributed by atoms with Gasteiger partial charge in [-0.3, -0.25) is 4.79 Å². The highest BCUT2D eigenvalue weighted by atomic mass is 16.5. The fourth-order valence-electron chi connectivity index (χ4n) is 4.11. The van der Waals surface area contributed by atoms with Gasteiger partial charge in [-0.25, -0.2) is 4.79 Å². The van der Waals surface area contributed by atoms with Crippen molar-refractivity contribution >= 4 is 22.6 Å². The number of rotatable bonds is 6. The second-order valence-electron chi connectivity index (χ2n) is 7.42. The number of aliphatic hydroxyl groups is 1. The maximum atomic E-state index is 13.8. The van der Waals surface area contributed by atoms with E-state index >= 15 is 0 Å². The Labute approximate surface area is 174 Å². The van der Waals surface area contributed by atoms with Gasteiger partial charge in [0, 0.05) is 23.7 Å². The smallest absolute Gasteiger partial charge is 0.336 e. The molecule has 6 nitrogen and oxygen atoms in total.